The second-order valence-corrected chi connectivity index (χ2v) is 5.70. The summed E-state index contributed by atoms with van der Waals surface area (Å²) in [6, 6.07) is 11.8. The molecule has 0 atom stereocenters. The molecule has 0 bridgehead atoms. The minimum Gasteiger partial charge on any atom is -0.399 e. The zero-order chi connectivity index (χ0) is 14.7. The van der Waals surface area contributed by atoms with Crippen molar-refractivity contribution in [3.63, 3.8) is 0 Å². The smallest absolute Gasteiger partial charge is 0.0639 e. The number of pyridine rings is 1. The minimum absolute atomic E-state index is 0.773. The molecular weight excluding hydrogens is 284 g/mol. The first kappa shape index (κ1) is 14.2. The van der Waals surface area contributed by atoms with Gasteiger partial charge in [-0.25, -0.2) is 0 Å². The van der Waals surface area contributed by atoms with Gasteiger partial charge >= 0.3 is 0 Å². The van der Waals surface area contributed by atoms with E-state index in [9.17, 15) is 0 Å². The molecule has 0 unspecified atom stereocenters. The van der Waals surface area contributed by atoms with E-state index in [0.29, 0.717) is 0 Å². The molecule has 1 aromatic carbocycles. The standard InChI is InChI=1S/C16H19ClN4/c17-15-3-1-2-4-16(15)21-9-7-20(8-10-21)12-14-11-13(18)5-6-19-14/h1-6,11H,7-10,12H2,(H2,18,19). The Labute approximate surface area is 130 Å². The van der Waals surface area contributed by atoms with Crippen molar-refractivity contribution in [3.05, 3.63) is 53.3 Å². The highest BCUT2D eigenvalue weighted by molar-refractivity contribution is 6.33. The number of piperazine rings is 1. The quantitative estimate of drug-likeness (QED) is 0.947. The van der Waals surface area contributed by atoms with Crippen LogP contribution in [0.2, 0.25) is 5.02 Å². The van der Waals surface area contributed by atoms with Crippen LogP contribution in [0.3, 0.4) is 0 Å². The molecule has 2 heterocycles. The van der Waals surface area contributed by atoms with Gasteiger partial charge in [0.25, 0.3) is 0 Å². The fraction of sp³-hybridized carbons (Fsp3) is 0.312. The third-order valence-electron chi connectivity index (χ3n) is 3.79. The van der Waals surface area contributed by atoms with Gasteiger partial charge in [-0.3, -0.25) is 9.88 Å². The molecule has 0 spiro atoms. The summed E-state index contributed by atoms with van der Waals surface area (Å²) in [5.74, 6) is 0. The van der Waals surface area contributed by atoms with E-state index in [2.05, 4.69) is 20.9 Å². The molecular formula is C16H19ClN4. The maximum Gasteiger partial charge on any atom is 0.0639 e. The van der Waals surface area contributed by atoms with Crippen molar-refractivity contribution in [3.8, 4) is 0 Å². The summed E-state index contributed by atoms with van der Waals surface area (Å²) in [7, 11) is 0. The second-order valence-electron chi connectivity index (χ2n) is 5.30. The molecule has 1 aliphatic rings. The highest BCUT2D eigenvalue weighted by Crippen LogP contribution is 2.26. The van der Waals surface area contributed by atoms with Crippen LogP contribution < -0.4 is 10.6 Å². The Bertz CT molecular complexity index is 609. The Balaban J connectivity index is 1.59. The number of nitrogens with two attached hydrogens (primary N) is 1. The van der Waals surface area contributed by atoms with E-state index in [0.717, 1.165) is 54.8 Å². The van der Waals surface area contributed by atoms with Gasteiger partial charge in [-0.2, -0.15) is 0 Å². The fourth-order valence-corrected chi connectivity index (χ4v) is 2.92. The molecule has 110 valence electrons. The van der Waals surface area contributed by atoms with Gasteiger partial charge in [0.15, 0.2) is 0 Å². The molecule has 0 radical (unpaired) electrons. The minimum atomic E-state index is 0.773. The summed E-state index contributed by atoms with van der Waals surface area (Å²) in [6.07, 6.45) is 1.77. The third kappa shape index (κ3) is 3.46. The van der Waals surface area contributed by atoms with Crippen LogP contribution in [0.5, 0.6) is 0 Å². The number of hydrogen-bond donors (Lipinski definition) is 1. The molecule has 2 aromatic rings. The van der Waals surface area contributed by atoms with Crippen molar-refractivity contribution in [1.82, 2.24) is 9.88 Å². The number of rotatable bonds is 3. The van der Waals surface area contributed by atoms with E-state index in [1.165, 1.54) is 0 Å². The molecule has 1 aromatic heterocycles. The number of nitrogens with zero attached hydrogens (tertiary/aromatic N) is 3. The van der Waals surface area contributed by atoms with E-state index in [4.69, 9.17) is 17.3 Å². The van der Waals surface area contributed by atoms with E-state index in [1.54, 1.807) is 6.20 Å². The summed E-state index contributed by atoms with van der Waals surface area (Å²) < 4.78 is 0. The van der Waals surface area contributed by atoms with Crippen LogP contribution in [0.1, 0.15) is 5.69 Å². The fourth-order valence-electron chi connectivity index (χ4n) is 2.67. The largest absolute Gasteiger partial charge is 0.399 e. The summed E-state index contributed by atoms with van der Waals surface area (Å²) in [5, 5.41) is 0.823. The lowest BCUT2D eigenvalue weighted by molar-refractivity contribution is 0.247. The lowest BCUT2D eigenvalue weighted by Gasteiger charge is -2.36. The Morgan fingerprint density at radius 1 is 1.10 bits per heavy atom. The van der Waals surface area contributed by atoms with Gasteiger partial charge in [-0.05, 0) is 24.3 Å². The van der Waals surface area contributed by atoms with Crippen LogP contribution >= 0.6 is 11.6 Å². The van der Waals surface area contributed by atoms with E-state index >= 15 is 0 Å². The van der Waals surface area contributed by atoms with Crippen molar-refractivity contribution in [2.75, 3.05) is 36.8 Å². The molecule has 21 heavy (non-hydrogen) atoms. The molecule has 0 saturated carbocycles. The third-order valence-corrected chi connectivity index (χ3v) is 4.11. The van der Waals surface area contributed by atoms with Crippen molar-refractivity contribution in [2.24, 2.45) is 0 Å². The summed E-state index contributed by atoms with van der Waals surface area (Å²) >= 11 is 6.26. The molecule has 5 heteroatoms. The van der Waals surface area contributed by atoms with Crippen molar-refractivity contribution in [2.45, 2.75) is 6.54 Å². The Morgan fingerprint density at radius 2 is 1.86 bits per heavy atom. The van der Waals surface area contributed by atoms with Gasteiger partial charge in [0.2, 0.25) is 0 Å². The van der Waals surface area contributed by atoms with Crippen LogP contribution in [0.25, 0.3) is 0 Å². The molecule has 3 rings (SSSR count). The lowest BCUT2D eigenvalue weighted by atomic mass is 10.2. The number of nitrogen functional groups attached to an aromatic ring is 1. The van der Waals surface area contributed by atoms with E-state index in [-0.39, 0.29) is 0 Å². The molecule has 2 N–H and O–H groups in total. The maximum absolute atomic E-state index is 6.26. The number of hydrogen-bond acceptors (Lipinski definition) is 4. The predicted molar refractivity (Wildman–Crippen MR) is 87.6 cm³/mol. The number of aromatic nitrogens is 1. The topological polar surface area (TPSA) is 45.4 Å². The Hall–Kier alpha value is -1.78. The van der Waals surface area contributed by atoms with Gasteiger partial charge in [-0.1, -0.05) is 23.7 Å². The maximum atomic E-state index is 6.26. The molecule has 1 fully saturated rings. The van der Waals surface area contributed by atoms with Gasteiger partial charge < -0.3 is 10.6 Å². The number of para-hydroxylation sites is 1. The first-order chi connectivity index (χ1) is 10.2. The summed E-state index contributed by atoms with van der Waals surface area (Å²) in [6.45, 7) is 4.81. The normalized spacial score (nSPS) is 16.1. The van der Waals surface area contributed by atoms with Gasteiger partial charge in [0.1, 0.15) is 0 Å². The van der Waals surface area contributed by atoms with Crippen molar-refractivity contribution in [1.29, 1.82) is 0 Å². The zero-order valence-corrected chi connectivity index (χ0v) is 12.6. The predicted octanol–water partition coefficient (Wildman–Crippen LogP) is 2.64. The SMILES string of the molecule is Nc1ccnc(CN2CCN(c3ccccc3Cl)CC2)c1. The van der Waals surface area contributed by atoms with Gasteiger partial charge in [-0.15, -0.1) is 0 Å². The second kappa shape index (κ2) is 6.33. The van der Waals surface area contributed by atoms with E-state index in [1.807, 2.05) is 30.3 Å². The lowest BCUT2D eigenvalue weighted by Crippen LogP contribution is -2.46. The van der Waals surface area contributed by atoms with Gasteiger partial charge in [0, 0.05) is 44.6 Å². The Kier molecular flexibility index (Phi) is 4.27. The molecule has 4 nitrogen and oxygen atoms in total. The molecule has 0 amide bonds. The molecule has 1 aliphatic heterocycles. The first-order valence-corrected chi connectivity index (χ1v) is 7.52. The van der Waals surface area contributed by atoms with Crippen molar-refractivity contribution >= 4 is 23.0 Å². The molecule has 0 aliphatic carbocycles. The number of benzene rings is 1. The zero-order valence-electron chi connectivity index (χ0n) is 11.9. The van der Waals surface area contributed by atoms with Crippen molar-refractivity contribution < 1.29 is 0 Å². The van der Waals surface area contributed by atoms with Crippen LogP contribution in [0.4, 0.5) is 11.4 Å². The van der Waals surface area contributed by atoms with Crippen LogP contribution in [0.15, 0.2) is 42.6 Å². The average molecular weight is 303 g/mol. The van der Waals surface area contributed by atoms with Crippen LogP contribution in [-0.4, -0.2) is 36.1 Å². The highest BCUT2D eigenvalue weighted by atomic mass is 35.5. The number of anilines is 2. The highest BCUT2D eigenvalue weighted by Gasteiger charge is 2.19. The monoisotopic (exact) mass is 302 g/mol. The number of halogens is 1. The van der Waals surface area contributed by atoms with Crippen LogP contribution in [-0.2, 0) is 6.54 Å². The Morgan fingerprint density at radius 3 is 2.57 bits per heavy atom. The average Bonchev–Trinajstić information content (AvgIpc) is 2.49. The van der Waals surface area contributed by atoms with E-state index < -0.39 is 0 Å². The van der Waals surface area contributed by atoms with Gasteiger partial charge in [0.05, 0.1) is 16.4 Å². The summed E-state index contributed by atoms with van der Waals surface area (Å²) in [5.41, 5.74) is 8.72. The first-order valence-electron chi connectivity index (χ1n) is 7.14. The van der Waals surface area contributed by atoms with Crippen LogP contribution in [0, 0.1) is 0 Å². The molecule has 1 saturated heterocycles. The summed E-state index contributed by atoms with van der Waals surface area (Å²) in [4.78, 5) is 9.11.